The van der Waals surface area contributed by atoms with Crippen molar-refractivity contribution in [1.82, 2.24) is 24.8 Å². The Morgan fingerprint density at radius 1 is 1.43 bits per heavy atom. The van der Waals surface area contributed by atoms with E-state index in [4.69, 9.17) is 9.26 Å². The van der Waals surface area contributed by atoms with Crippen LogP contribution < -0.4 is 0 Å². The van der Waals surface area contributed by atoms with Gasteiger partial charge >= 0.3 is 0 Å². The molecule has 0 amide bonds. The highest BCUT2D eigenvalue weighted by Gasteiger charge is 2.30. The molecule has 3 heterocycles. The molecule has 0 saturated carbocycles. The third-order valence-electron chi connectivity index (χ3n) is 3.84. The highest BCUT2D eigenvalue weighted by Crippen LogP contribution is 2.30. The van der Waals surface area contributed by atoms with Crippen LogP contribution in [0, 0.1) is 0 Å². The lowest BCUT2D eigenvalue weighted by molar-refractivity contribution is 0.196. The maximum absolute atomic E-state index is 5.43. The summed E-state index contributed by atoms with van der Waals surface area (Å²) < 4.78 is 12.4. The minimum absolute atomic E-state index is 0.240. The Labute approximate surface area is 123 Å². The van der Waals surface area contributed by atoms with Gasteiger partial charge in [0.25, 0.3) is 0 Å². The number of rotatable bonds is 7. The van der Waals surface area contributed by atoms with E-state index in [0.717, 1.165) is 37.8 Å². The molecule has 0 unspecified atom stereocenters. The Hall–Kier alpha value is -1.73. The quantitative estimate of drug-likeness (QED) is 0.765. The molecule has 0 bridgehead atoms. The lowest BCUT2D eigenvalue weighted by Crippen LogP contribution is -2.27. The average Bonchev–Trinajstić information content (AvgIpc) is 3.22. The Morgan fingerprint density at radius 3 is 3.19 bits per heavy atom. The van der Waals surface area contributed by atoms with Gasteiger partial charge in [-0.3, -0.25) is 9.58 Å². The molecule has 1 atom stereocenters. The number of likely N-dealkylation sites (tertiary alicyclic amines) is 1. The Morgan fingerprint density at radius 2 is 2.38 bits per heavy atom. The first-order chi connectivity index (χ1) is 10.4. The first kappa shape index (κ1) is 14.2. The predicted octanol–water partition coefficient (Wildman–Crippen LogP) is 1.29. The van der Waals surface area contributed by atoms with Crippen molar-refractivity contribution in [3.63, 3.8) is 0 Å². The summed E-state index contributed by atoms with van der Waals surface area (Å²) in [5.74, 6) is 1.46. The summed E-state index contributed by atoms with van der Waals surface area (Å²) in [4.78, 5) is 6.90. The van der Waals surface area contributed by atoms with Crippen molar-refractivity contribution < 1.29 is 9.26 Å². The maximum Gasteiger partial charge on any atom is 0.243 e. The second-order valence-corrected chi connectivity index (χ2v) is 5.25. The largest absolute Gasteiger partial charge is 0.384 e. The molecular weight excluding hydrogens is 270 g/mol. The van der Waals surface area contributed by atoms with Gasteiger partial charge in [0.15, 0.2) is 5.82 Å². The van der Waals surface area contributed by atoms with Crippen LogP contribution >= 0.6 is 0 Å². The van der Waals surface area contributed by atoms with Crippen molar-refractivity contribution in [3.8, 4) is 0 Å². The first-order valence-corrected chi connectivity index (χ1v) is 7.39. The van der Waals surface area contributed by atoms with Crippen LogP contribution in [-0.2, 0) is 17.7 Å². The molecule has 114 valence electrons. The van der Waals surface area contributed by atoms with Crippen molar-refractivity contribution >= 4 is 0 Å². The van der Waals surface area contributed by atoms with E-state index in [9.17, 15) is 0 Å². The number of hydrogen-bond acceptors (Lipinski definition) is 6. The van der Waals surface area contributed by atoms with E-state index in [2.05, 4.69) is 20.1 Å². The predicted molar refractivity (Wildman–Crippen MR) is 75.7 cm³/mol. The summed E-state index contributed by atoms with van der Waals surface area (Å²) in [6.45, 7) is 3.52. The number of ether oxygens (including phenoxy) is 1. The molecule has 0 radical (unpaired) electrons. The van der Waals surface area contributed by atoms with Crippen molar-refractivity contribution in [2.24, 2.45) is 0 Å². The summed E-state index contributed by atoms with van der Waals surface area (Å²) in [7, 11) is 1.68. The molecule has 21 heavy (non-hydrogen) atoms. The molecule has 1 aliphatic rings. The summed E-state index contributed by atoms with van der Waals surface area (Å²) in [6.07, 6.45) is 6.73. The molecule has 7 heteroatoms. The fourth-order valence-corrected chi connectivity index (χ4v) is 2.73. The minimum Gasteiger partial charge on any atom is -0.384 e. The van der Waals surface area contributed by atoms with Gasteiger partial charge in [-0.2, -0.15) is 10.1 Å². The molecule has 1 fully saturated rings. The summed E-state index contributed by atoms with van der Waals surface area (Å²) >= 11 is 0. The first-order valence-electron chi connectivity index (χ1n) is 7.39. The molecule has 1 saturated heterocycles. The molecule has 3 rings (SSSR count). The number of methoxy groups -OCH3 is 1. The zero-order valence-electron chi connectivity index (χ0n) is 12.3. The van der Waals surface area contributed by atoms with Crippen molar-refractivity contribution in [1.29, 1.82) is 0 Å². The van der Waals surface area contributed by atoms with E-state index in [-0.39, 0.29) is 6.04 Å². The van der Waals surface area contributed by atoms with Gasteiger partial charge in [-0.1, -0.05) is 5.16 Å². The topological polar surface area (TPSA) is 69.2 Å². The normalized spacial score (nSPS) is 19.4. The fourth-order valence-electron chi connectivity index (χ4n) is 2.73. The van der Waals surface area contributed by atoms with Gasteiger partial charge in [0, 0.05) is 32.5 Å². The minimum atomic E-state index is 0.240. The highest BCUT2D eigenvalue weighted by atomic mass is 16.5. The Balaban J connectivity index is 1.59. The zero-order chi connectivity index (χ0) is 14.5. The molecule has 0 N–H and O–H groups in total. The number of nitrogens with zero attached hydrogens (tertiary/aromatic N) is 5. The van der Waals surface area contributed by atoms with Crippen molar-refractivity contribution in [2.45, 2.75) is 31.8 Å². The molecule has 7 nitrogen and oxygen atoms in total. The van der Waals surface area contributed by atoms with E-state index in [1.165, 1.54) is 6.42 Å². The summed E-state index contributed by atoms with van der Waals surface area (Å²) in [6, 6.07) is 2.19. The van der Waals surface area contributed by atoms with Crippen LogP contribution in [0.4, 0.5) is 0 Å². The van der Waals surface area contributed by atoms with Crippen LogP contribution in [0.1, 0.15) is 30.6 Å². The molecule has 0 spiro atoms. The van der Waals surface area contributed by atoms with E-state index in [1.54, 1.807) is 7.11 Å². The van der Waals surface area contributed by atoms with E-state index >= 15 is 0 Å². The van der Waals surface area contributed by atoms with Crippen LogP contribution in [0.25, 0.3) is 0 Å². The van der Waals surface area contributed by atoms with Crippen LogP contribution in [0.3, 0.4) is 0 Å². The van der Waals surface area contributed by atoms with Crippen molar-refractivity contribution in [2.75, 3.05) is 26.8 Å². The Kier molecular flexibility index (Phi) is 4.62. The van der Waals surface area contributed by atoms with Gasteiger partial charge in [0.2, 0.25) is 5.89 Å². The highest BCUT2D eigenvalue weighted by molar-refractivity contribution is 4.97. The molecule has 2 aromatic rings. The molecule has 0 aliphatic carbocycles. The second kappa shape index (κ2) is 6.82. The Bertz CT molecular complexity index is 539. The monoisotopic (exact) mass is 291 g/mol. The van der Waals surface area contributed by atoms with Crippen molar-refractivity contribution in [3.05, 3.63) is 30.2 Å². The van der Waals surface area contributed by atoms with Crippen LogP contribution in [0.5, 0.6) is 0 Å². The number of aromatic nitrogens is 4. The lowest BCUT2D eigenvalue weighted by Gasteiger charge is -2.21. The number of hydrogen-bond donors (Lipinski definition) is 0. The smallest absolute Gasteiger partial charge is 0.243 e. The molecular formula is C14H21N5O2. The van der Waals surface area contributed by atoms with Gasteiger partial charge in [0.05, 0.1) is 19.2 Å². The van der Waals surface area contributed by atoms with Gasteiger partial charge in [-0.05, 0) is 25.5 Å². The third-order valence-corrected chi connectivity index (χ3v) is 3.84. The van der Waals surface area contributed by atoms with Crippen LogP contribution in [-0.4, -0.2) is 51.6 Å². The molecule has 1 aliphatic heterocycles. The maximum atomic E-state index is 5.43. The lowest BCUT2D eigenvalue weighted by atomic mass is 10.2. The van der Waals surface area contributed by atoms with E-state index < -0.39 is 0 Å². The standard InChI is InChI=1S/C14H21N5O2/c1-20-11-5-13-16-14(21-17-13)12-4-2-7-18(12)9-10-19-8-3-6-15-19/h3,6,8,12H,2,4-5,7,9-11H2,1H3/t12-/m0/s1. The van der Waals surface area contributed by atoms with Gasteiger partial charge in [0.1, 0.15) is 0 Å². The second-order valence-electron chi connectivity index (χ2n) is 5.25. The average molecular weight is 291 g/mol. The third kappa shape index (κ3) is 3.48. The molecule has 2 aromatic heterocycles. The van der Waals surface area contributed by atoms with Gasteiger partial charge in [-0.25, -0.2) is 0 Å². The van der Waals surface area contributed by atoms with E-state index in [0.29, 0.717) is 13.0 Å². The van der Waals surface area contributed by atoms with Crippen LogP contribution in [0.2, 0.25) is 0 Å². The van der Waals surface area contributed by atoms with Gasteiger partial charge in [-0.15, -0.1) is 0 Å². The van der Waals surface area contributed by atoms with Gasteiger partial charge < -0.3 is 9.26 Å². The fraction of sp³-hybridized carbons (Fsp3) is 0.643. The van der Waals surface area contributed by atoms with E-state index in [1.807, 2.05) is 23.1 Å². The molecule has 0 aromatic carbocycles. The van der Waals surface area contributed by atoms with Crippen LogP contribution in [0.15, 0.2) is 23.0 Å². The zero-order valence-corrected chi connectivity index (χ0v) is 12.3. The SMILES string of the molecule is COCCc1noc([C@@H]2CCCN2CCn2cccn2)n1. The summed E-state index contributed by atoms with van der Waals surface area (Å²) in [5.41, 5.74) is 0. The summed E-state index contributed by atoms with van der Waals surface area (Å²) in [5, 5.41) is 8.27.